The minimum atomic E-state index is 0.186. The van der Waals surface area contributed by atoms with Crippen LogP contribution in [0.25, 0.3) is 0 Å². The Hall–Kier alpha value is -1.11. The zero-order valence-electron chi connectivity index (χ0n) is 12.3. The van der Waals surface area contributed by atoms with Gasteiger partial charge in [0, 0.05) is 5.56 Å². The lowest BCUT2D eigenvalue weighted by molar-refractivity contribution is 0.101. The predicted octanol–water partition coefficient (Wildman–Crippen LogP) is 4.76. The molecule has 1 nitrogen and oxygen atoms in total. The maximum absolute atomic E-state index is 11.7. The summed E-state index contributed by atoms with van der Waals surface area (Å²) in [6.45, 7) is 10.7. The molecule has 0 saturated carbocycles. The molecule has 0 heterocycles. The molecule has 98 valence electrons. The highest BCUT2D eigenvalue weighted by Crippen LogP contribution is 2.45. The molecular weight excluding hydrogens is 220 g/mol. The zero-order chi connectivity index (χ0) is 13.5. The number of benzene rings is 1. The number of rotatable bonds is 2. The van der Waals surface area contributed by atoms with E-state index in [9.17, 15) is 4.79 Å². The summed E-state index contributed by atoms with van der Waals surface area (Å²) in [5.41, 5.74) is 5.21. The topological polar surface area (TPSA) is 17.1 Å². The third-order valence-corrected chi connectivity index (χ3v) is 4.87. The van der Waals surface area contributed by atoms with Crippen molar-refractivity contribution in [1.29, 1.82) is 0 Å². The van der Waals surface area contributed by atoms with E-state index in [0.29, 0.717) is 11.3 Å². The molecule has 0 saturated heterocycles. The van der Waals surface area contributed by atoms with Gasteiger partial charge in [0.15, 0.2) is 5.78 Å². The van der Waals surface area contributed by atoms with Crippen LogP contribution in [-0.2, 0) is 5.41 Å². The molecule has 1 aromatic carbocycles. The van der Waals surface area contributed by atoms with E-state index in [0.717, 1.165) is 11.1 Å². The van der Waals surface area contributed by atoms with Gasteiger partial charge in [-0.05, 0) is 67.2 Å². The lowest BCUT2D eigenvalue weighted by Gasteiger charge is -2.39. The van der Waals surface area contributed by atoms with Crippen LogP contribution >= 0.6 is 0 Å². The van der Waals surface area contributed by atoms with Crippen molar-refractivity contribution in [2.45, 2.75) is 65.2 Å². The smallest absolute Gasteiger partial charge is 0.160 e. The molecule has 2 rings (SSSR count). The van der Waals surface area contributed by atoms with E-state index in [2.05, 4.69) is 39.8 Å². The lowest BCUT2D eigenvalue weighted by Crippen LogP contribution is -2.28. The fourth-order valence-electron chi connectivity index (χ4n) is 3.23. The first kappa shape index (κ1) is 13.3. The van der Waals surface area contributed by atoms with Crippen LogP contribution in [0.3, 0.4) is 0 Å². The van der Waals surface area contributed by atoms with Gasteiger partial charge in [0.2, 0.25) is 0 Å². The Bertz CT molecular complexity index is 487. The van der Waals surface area contributed by atoms with Crippen molar-refractivity contribution in [1.82, 2.24) is 0 Å². The van der Waals surface area contributed by atoms with E-state index >= 15 is 0 Å². The van der Waals surface area contributed by atoms with Gasteiger partial charge in [-0.1, -0.05) is 26.8 Å². The molecule has 0 radical (unpaired) electrons. The number of ketones is 1. The van der Waals surface area contributed by atoms with Gasteiger partial charge in [0.1, 0.15) is 0 Å². The first-order valence-electron chi connectivity index (χ1n) is 7.05. The van der Waals surface area contributed by atoms with Crippen LogP contribution in [0.1, 0.15) is 79.9 Å². The van der Waals surface area contributed by atoms with Crippen LogP contribution in [0.5, 0.6) is 0 Å². The lowest BCUT2D eigenvalue weighted by atomic mass is 9.66. The van der Waals surface area contributed by atoms with Crippen molar-refractivity contribution < 1.29 is 4.79 Å². The van der Waals surface area contributed by atoms with Gasteiger partial charge in [0.25, 0.3) is 0 Å². The summed E-state index contributed by atoms with van der Waals surface area (Å²) in [4.78, 5) is 11.7. The van der Waals surface area contributed by atoms with Crippen molar-refractivity contribution in [3.63, 3.8) is 0 Å². The van der Waals surface area contributed by atoms with E-state index in [-0.39, 0.29) is 5.78 Å². The maximum atomic E-state index is 11.7. The van der Waals surface area contributed by atoms with Gasteiger partial charge in [-0.2, -0.15) is 0 Å². The fourth-order valence-corrected chi connectivity index (χ4v) is 3.23. The zero-order valence-corrected chi connectivity index (χ0v) is 12.3. The number of hydrogen-bond donors (Lipinski definition) is 0. The summed E-state index contributed by atoms with van der Waals surface area (Å²) in [6.07, 6.45) is 3.67. The molecule has 0 aliphatic heterocycles. The van der Waals surface area contributed by atoms with Gasteiger partial charge >= 0.3 is 0 Å². The molecule has 0 fully saturated rings. The Morgan fingerprint density at radius 3 is 2.67 bits per heavy atom. The molecular formula is C17H24O. The second-order valence-electron chi connectivity index (χ2n) is 6.16. The van der Waals surface area contributed by atoms with Gasteiger partial charge in [-0.3, -0.25) is 4.79 Å². The third kappa shape index (κ3) is 2.00. The number of carbonyl (C=O) groups is 1. The molecule has 18 heavy (non-hydrogen) atoms. The van der Waals surface area contributed by atoms with Crippen molar-refractivity contribution in [2.24, 2.45) is 0 Å². The number of carbonyl (C=O) groups excluding carboxylic acids is 1. The Morgan fingerprint density at radius 1 is 1.44 bits per heavy atom. The van der Waals surface area contributed by atoms with Gasteiger partial charge in [-0.25, -0.2) is 0 Å². The first-order chi connectivity index (χ1) is 8.39. The average molecular weight is 244 g/mol. The molecule has 1 aromatic rings. The van der Waals surface area contributed by atoms with Crippen LogP contribution in [-0.4, -0.2) is 5.78 Å². The van der Waals surface area contributed by atoms with Crippen LogP contribution in [0.4, 0.5) is 0 Å². The summed E-state index contributed by atoms with van der Waals surface area (Å²) in [5, 5.41) is 0. The second-order valence-corrected chi connectivity index (χ2v) is 6.16. The number of fused-ring (bicyclic) bond motifs is 1. The van der Waals surface area contributed by atoms with Crippen LogP contribution in [0, 0.1) is 6.92 Å². The summed E-state index contributed by atoms with van der Waals surface area (Å²) in [5.74, 6) is 0.768. The highest BCUT2D eigenvalue weighted by Gasteiger charge is 2.33. The molecule has 2 unspecified atom stereocenters. The maximum Gasteiger partial charge on any atom is 0.160 e. The summed E-state index contributed by atoms with van der Waals surface area (Å²) in [6, 6.07) is 4.43. The van der Waals surface area contributed by atoms with Crippen molar-refractivity contribution in [2.75, 3.05) is 0 Å². The van der Waals surface area contributed by atoms with E-state index in [1.807, 2.05) is 0 Å². The molecule has 0 N–H and O–H groups in total. The largest absolute Gasteiger partial charge is 0.295 e. The monoisotopic (exact) mass is 244 g/mol. The Labute approximate surface area is 111 Å². The number of Topliss-reactive ketones (excluding diaryl/α,β-unsaturated/α-hetero) is 1. The standard InChI is InChI=1S/C17H24O/c1-6-17(5)8-7-11(2)15-10-14(13(4)18)12(3)9-16(15)17/h9-11H,6-8H2,1-5H3. The second kappa shape index (κ2) is 4.53. The summed E-state index contributed by atoms with van der Waals surface area (Å²) in [7, 11) is 0. The summed E-state index contributed by atoms with van der Waals surface area (Å²) < 4.78 is 0. The number of aryl methyl sites for hydroxylation is 1. The molecule has 0 amide bonds. The molecule has 0 aromatic heterocycles. The quantitative estimate of drug-likeness (QED) is 0.685. The Morgan fingerprint density at radius 2 is 2.11 bits per heavy atom. The molecule has 1 aliphatic carbocycles. The van der Waals surface area contributed by atoms with Crippen molar-refractivity contribution in [3.8, 4) is 0 Å². The third-order valence-electron chi connectivity index (χ3n) is 4.87. The highest BCUT2D eigenvalue weighted by atomic mass is 16.1. The predicted molar refractivity (Wildman–Crippen MR) is 76.5 cm³/mol. The molecule has 0 bridgehead atoms. The van der Waals surface area contributed by atoms with Crippen molar-refractivity contribution in [3.05, 3.63) is 34.4 Å². The molecule has 0 spiro atoms. The normalized spacial score (nSPS) is 26.8. The van der Waals surface area contributed by atoms with Gasteiger partial charge < -0.3 is 0 Å². The first-order valence-corrected chi connectivity index (χ1v) is 7.05. The Kier molecular flexibility index (Phi) is 3.35. The van der Waals surface area contributed by atoms with Gasteiger partial charge in [0.05, 0.1) is 0 Å². The molecule has 2 atom stereocenters. The van der Waals surface area contributed by atoms with Crippen molar-refractivity contribution >= 4 is 5.78 Å². The number of hydrogen-bond acceptors (Lipinski definition) is 1. The molecule has 1 aliphatic rings. The average Bonchev–Trinajstić information content (AvgIpc) is 2.33. The van der Waals surface area contributed by atoms with Crippen LogP contribution in [0.15, 0.2) is 12.1 Å². The minimum Gasteiger partial charge on any atom is -0.295 e. The summed E-state index contributed by atoms with van der Waals surface area (Å²) >= 11 is 0. The van der Waals surface area contributed by atoms with E-state index < -0.39 is 0 Å². The fraction of sp³-hybridized carbons (Fsp3) is 0.588. The Balaban J connectivity index is 2.65. The van der Waals surface area contributed by atoms with Crippen LogP contribution in [0.2, 0.25) is 0 Å². The SMILES string of the molecule is CCC1(C)CCC(C)c2cc(C(C)=O)c(C)cc21. The van der Waals surface area contributed by atoms with E-state index in [4.69, 9.17) is 0 Å². The molecule has 1 heteroatoms. The highest BCUT2D eigenvalue weighted by molar-refractivity contribution is 5.95. The van der Waals surface area contributed by atoms with Gasteiger partial charge in [-0.15, -0.1) is 0 Å². The van der Waals surface area contributed by atoms with E-state index in [1.165, 1.54) is 30.4 Å². The van der Waals surface area contributed by atoms with E-state index in [1.54, 1.807) is 6.92 Å². The van der Waals surface area contributed by atoms with Crippen LogP contribution < -0.4 is 0 Å². The minimum absolute atomic E-state index is 0.186.